The van der Waals surface area contributed by atoms with Gasteiger partial charge in [0.15, 0.2) is 0 Å². The summed E-state index contributed by atoms with van der Waals surface area (Å²) in [6, 6.07) is 0.497. The number of nitrogens with zero attached hydrogens (tertiary/aromatic N) is 1. The summed E-state index contributed by atoms with van der Waals surface area (Å²) in [6.07, 6.45) is 3.54. The van der Waals surface area contributed by atoms with Crippen LogP contribution in [-0.4, -0.2) is 48.8 Å². The molecule has 1 N–H and O–H groups in total. The normalized spacial score (nSPS) is 28.3. The third-order valence-corrected chi connectivity index (χ3v) is 3.60. The number of likely N-dealkylation sites (N-methyl/N-ethyl adjacent to an activating group) is 1. The average molecular weight is 213 g/mol. The van der Waals surface area contributed by atoms with Crippen LogP contribution in [0.1, 0.15) is 25.7 Å². The molecule has 2 rings (SSSR count). The van der Waals surface area contributed by atoms with Crippen molar-refractivity contribution in [3.63, 3.8) is 0 Å². The number of carbonyl (C=O) groups is 1. The summed E-state index contributed by atoms with van der Waals surface area (Å²) in [4.78, 5) is 13.0. The van der Waals surface area contributed by atoms with Crippen LogP contribution in [0.4, 0.5) is 0 Å². The third kappa shape index (κ3) is 2.69. The van der Waals surface area contributed by atoms with E-state index in [9.17, 15) is 4.79 Å². The molecule has 1 aliphatic carbocycles. The van der Waals surface area contributed by atoms with Crippen molar-refractivity contribution in [1.82, 2.24) is 4.90 Å². The Morgan fingerprint density at radius 2 is 2.33 bits per heavy atom. The second-order valence-corrected chi connectivity index (χ2v) is 5.00. The monoisotopic (exact) mass is 213 g/mol. The summed E-state index contributed by atoms with van der Waals surface area (Å²) in [5.41, 5.74) is 0.0726. The minimum Gasteiger partial charge on any atom is -0.481 e. The first kappa shape index (κ1) is 10.9. The minimum atomic E-state index is -0.663. The summed E-state index contributed by atoms with van der Waals surface area (Å²) < 4.78 is 5.34. The second kappa shape index (κ2) is 4.10. The highest BCUT2D eigenvalue weighted by atomic mass is 16.5. The zero-order valence-electron chi connectivity index (χ0n) is 9.24. The van der Waals surface area contributed by atoms with Crippen molar-refractivity contribution >= 4 is 5.97 Å². The first-order valence-corrected chi connectivity index (χ1v) is 5.61. The zero-order chi connectivity index (χ0) is 10.9. The molecule has 2 aliphatic rings. The number of carboxylic acid groups (broad SMARTS) is 1. The molecule has 1 heterocycles. The van der Waals surface area contributed by atoms with Crippen LogP contribution in [0.15, 0.2) is 0 Å². The molecule has 0 amide bonds. The molecule has 0 radical (unpaired) electrons. The Morgan fingerprint density at radius 3 is 2.80 bits per heavy atom. The maximum absolute atomic E-state index is 10.7. The van der Waals surface area contributed by atoms with Crippen LogP contribution in [0.5, 0.6) is 0 Å². The highest BCUT2D eigenvalue weighted by Crippen LogP contribution is 2.49. The number of rotatable bonds is 5. The van der Waals surface area contributed by atoms with Crippen LogP contribution in [0.3, 0.4) is 0 Å². The Kier molecular flexibility index (Phi) is 2.98. The second-order valence-electron chi connectivity index (χ2n) is 5.00. The van der Waals surface area contributed by atoms with Gasteiger partial charge in [-0.15, -0.1) is 0 Å². The lowest BCUT2D eigenvalue weighted by molar-refractivity contribution is -0.138. The molecule has 15 heavy (non-hydrogen) atoms. The van der Waals surface area contributed by atoms with E-state index in [0.29, 0.717) is 12.5 Å². The highest BCUT2D eigenvalue weighted by molar-refractivity contribution is 5.68. The predicted molar refractivity (Wildman–Crippen MR) is 55.8 cm³/mol. The van der Waals surface area contributed by atoms with Crippen molar-refractivity contribution in [2.45, 2.75) is 31.7 Å². The SMILES string of the molecule is CN(CC1(CC(=O)O)CC1)C1CCOC1. The van der Waals surface area contributed by atoms with Crippen molar-refractivity contribution in [3.05, 3.63) is 0 Å². The van der Waals surface area contributed by atoms with Crippen molar-refractivity contribution in [1.29, 1.82) is 0 Å². The van der Waals surface area contributed by atoms with Gasteiger partial charge in [0, 0.05) is 19.2 Å². The number of ether oxygens (including phenoxy) is 1. The first-order valence-electron chi connectivity index (χ1n) is 5.61. The molecule has 1 aliphatic heterocycles. The molecule has 2 fully saturated rings. The lowest BCUT2D eigenvalue weighted by Gasteiger charge is -2.27. The number of carboxylic acids is 1. The molecule has 1 saturated heterocycles. The van der Waals surface area contributed by atoms with Gasteiger partial charge in [-0.1, -0.05) is 0 Å². The molecule has 0 spiro atoms. The lowest BCUT2D eigenvalue weighted by atomic mass is 10.0. The van der Waals surface area contributed by atoms with Crippen LogP contribution < -0.4 is 0 Å². The van der Waals surface area contributed by atoms with E-state index in [1.165, 1.54) is 0 Å². The largest absolute Gasteiger partial charge is 0.481 e. The number of hydrogen-bond acceptors (Lipinski definition) is 3. The Hall–Kier alpha value is -0.610. The molecule has 4 heteroatoms. The topological polar surface area (TPSA) is 49.8 Å². The fraction of sp³-hybridized carbons (Fsp3) is 0.909. The van der Waals surface area contributed by atoms with Crippen LogP contribution in [0, 0.1) is 5.41 Å². The van der Waals surface area contributed by atoms with Gasteiger partial charge >= 0.3 is 5.97 Å². The van der Waals surface area contributed by atoms with Crippen molar-refractivity contribution in [2.75, 3.05) is 26.8 Å². The first-order chi connectivity index (χ1) is 7.11. The Morgan fingerprint density at radius 1 is 1.60 bits per heavy atom. The lowest BCUT2D eigenvalue weighted by Crippen LogP contribution is -2.37. The summed E-state index contributed by atoms with van der Waals surface area (Å²) in [6.45, 7) is 2.56. The van der Waals surface area contributed by atoms with E-state index in [2.05, 4.69) is 11.9 Å². The smallest absolute Gasteiger partial charge is 0.303 e. The molecule has 1 atom stereocenters. The molecule has 1 unspecified atom stereocenters. The zero-order valence-corrected chi connectivity index (χ0v) is 9.24. The van der Waals surface area contributed by atoms with Crippen LogP contribution in [0.25, 0.3) is 0 Å². The van der Waals surface area contributed by atoms with Crippen LogP contribution in [-0.2, 0) is 9.53 Å². The Balaban J connectivity index is 1.82. The van der Waals surface area contributed by atoms with Gasteiger partial charge in [0.25, 0.3) is 0 Å². The molecular formula is C11H19NO3. The van der Waals surface area contributed by atoms with E-state index in [1.54, 1.807) is 0 Å². The molecule has 1 saturated carbocycles. The van der Waals surface area contributed by atoms with Gasteiger partial charge < -0.3 is 14.7 Å². The fourth-order valence-electron chi connectivity index (χ4n) is 2.42. The molecule has 0 aromatic carbocycles. The van der Waals surface area contributed by atoms with Gasteiger partial charge in [0.2, 0.25) is 0 Å². The molecule has 0 bridgehead atoms. The van der Waals surface area contributed by atoms with Gasteiger partial charge in [0.1, 0.15) is 0 Å². The fourth-order valence-corrected chi connectivity index (χ4v) is 2.42. The van der Waals surface area contributed by atoms with E-state index in [-0.39, 0.29) is 5.41 Å². The number of aliphatic carboxylic acids is 1. The third-order valence-electron chi connectivity index (χ3n) is 3.60. The van der Waals surface area contributed by atoms with Gasteiger partial charge in [-0.05, 0) is 31.7 Å². The molecule has 4 nitrogen and oxygen atoms in total. The Bertz CT molecular complexity index is 244. The molecule has 0 aromatic heterocycles. The molecular weight excluding hydrogens is 194 g/mol. The predicted octanol–water partition coefficient (Wildman–Crippen LogP) is 0.962. The van der Waals surface area contributed by atoms with Crippen molar-refractivity contribution in [3.8, 4) is 0 Å². The minimum absolute atomic E-state index is 0.0726. The van der Waals surface area contributed by atoms with Gasteiger partial charge in [-0.2, -0.15) is 0 Å². The standard InChI is InChI=1S/C11H19NO3/c1-12(9-2-5-15-7-9)8-11(3-4-11)6-10(13)14/h9H,2-8H2,1H3,(H,13,14). The maximum Gasteiger partial charge on any atom is 0.303 e. The van der Waals surface area contributed by atoms with E-state index >= 15 is 0 Å². The average Bonchev–Trinajstić information content (AvgIpc) is 2.68. The summed E-state index contributed by atoms with van der Waals surface area (Å²) in [5.74, 6) is -0.663. The number of hydrogen-bond donors (Lipinski definition) is 1. The van der Waals surface area contributed by atoms with E-state index < -0.39 is 5.97 Å². The van der Waals surface area contributed by atoms with Gasteiger partial charge in [0.05, 0.1) is 13.0 Å². The molecule has 86 valence electrons. The van der Waals surface area contributed by atoms with Gasteiger partial charge in [-0.3, -0.25) is 4.79 Å². The maximum atomic E-state index is 10.7. The summed E-state index contributed by atoms with van der Waals surface area (Å²) in [5, 5.41) is 8.82. The van der Waals surface area contributed by atoms with Crippen molar-refractivity contribution < 1.29 is 14.6 Å². The van der Waals surface area contributed by atoms with Crippen LogP contribution >= 0.6 is 0 Å². The van der Waals surface area contributed by atoms with E-state index in [1.807, 2.05) is 0 Å². The highest BCUT2D eigenvalue weighted by Gasteiger charge is 2.45. The summed E-state index contributed by atoms with van der Waals surface area (Å²) >= 11 is 0. The van der Waals surface area contributed by atoms with E-state index in [4.69, 9.17) is 9.84 Å². The Labute approximate surface area is 90.2 Å². The molecule has 0 aromatic rings. The van der Waals surface area contributed by atoms with Crippen molar-refractivity contribution in [2.24, 2.45) is 5.41 Å². The summed E-state index contributed by atoms with van der Waals surface area (Å²) in [7, 11) is 2.08. The van der Waals surface area contributed by atoms with E-state index in [0.717, 1.165) is 39.0 Å². The quantitative estimate of drug-likeness (QED) is 0.739. The van der Waals surface area contributed by atoms with Crippen LogP contribution in [0.2, 0.25) is 0 Å². The van der Waals surface area contributed by atoms with Gasteiger partial charge in [-0.25, -0.2) is 0 Å².